The van der Waals surface area contributed by atoms with E-state index in [-0.39, 0.29) is 5.91 Å². The first kappa shape index (κ1) is 14.1. The number of carbonyl (C=O) groups is 1. The molecule has 5 nitrogen and oxygen atoms in total. The third kappa shape index (κ3) is 3.85. The molecule has 3 N–H and O–H groups in total. The zero-order valence-corrected chi connectivity index (χ0v) is 11.7. The van der Waals surface area contributed by atoms with E-state index in [0.717, 1.165) is 30.9 Å². The van der Waals surface area contributed by atoms with E-state index in [1.807, 2.05) is 18.3 Å². The van der Waals surface area contributed by atoms with Gasteiger partial charge in [0.15, 0.2) is 0 Å². The van der Waals surface area contributed by atoms with Crippen LogP contribution in [0.3, 0.4) is 0 Å². The summed E-state index contributed by atoms with van der Waals surface area (Å²) in [6, 6.07) is 7.20. The molecule has 20 heavy (non-hydrogen) atoms. The van der Waals surface area contributed by atoms with Gasteiger partial charge in [-0.25, -0.2) is 4.98 Å². The lowest BCUT2D eigenvalue weighted by Gasteiger charge is -2.08. The fourth-order valence-corrected chi connectivity index (χ4v) is 2.11. The van der Waals surface area contributed by atoms with Crippen molar-refractivity contribution in [1.82, 2.24) is 9.55 Å². The van der Waals surface area contributed by atoms with Crippen molar-refractivity contribution in [2.24, 2.45) is 0 Å². The second kappa shape index (κ2) is 6.75. The van der Waals surface area contributed by atoms with Gasteiger partial charge < -0.3 is 15.6 Å². The second-order valence-corrected chi connectivity index (χ2v) is 4.67. The molecule has 0 aliphatic heterocycles. The van der Waals surface area contributed by atoms with Gasteiger partial charge in [-0.2, -0.15) is 0 Å². The molecule has 1 aromatic carbocycles. The van der Waals surface area contributed by atoms with Crippen LogP contribution in [0.25, 0.3) is 0 Å². The van der Waals surface area contributed by atoms with Gasteiger partial charge in [-0.05, 0) is 24.6 Å². The number of hydrogen-bond donors (Lipinski definition) is 2. The zero-order chi connectivity index (χ0) is 14.4. The number of carbonyl (C=O) groups excluding carboxylic acids is 1. The van der Waals surface area contributed by atoms with Crippen LogP contribution in [0.1, 0.15) is 25.6 Å². The molecule has 0 spiro atoms. The monoisotopic (exact) mass is 272 g/mol. The predicted octanol–water partition coefficient (Wildman–Crippen LogP) is 2.45. The summed E-state index contributed by atoms with van der Waals surface area (Å²) in [5.41, 5.74) is 7.06. The SMILES string of the molecule is CCc1nccn1CCCC(=O)Nc1cccc(N)c1. The van der Waals surface area contributed by atoms with Gasteiger partial charge in [0.25, 0.3) is 0 Å². The van der Waals surface area contributed by atoms with Crippen molar-refractivity contribution in [2.45, 2.75) is 32.7 Å². The van der Waals surface area contributed by atoms with Crippen LogP contribution in [-0.4, -0.2) is 15.5 Å². The van der Waals surface area contributed by atoms with Crippen molar-refractivity contribution >= 4 is 17.3 Å². The number of hydrogen-bond acceptors (Lipinski definition) is 3. The molecule has 5 heteroatoms. The highest BCUT2D eigenvalue weighted by Crippen LogP contribution is 2.12. The molecule has 0 aliphatic carbocycles. The summed E-state index contributed by atoms with van der Waals surface area (Å²) in [6.45, 7) is 2.89. The standard InChI is InChI=1S/C15H20N4O/c1-2-14-17-8-10-19(14)9-4-7-15(20)18-13-6-3-5-12(16)11-13/h3,5-6,8,10-11H,2,4,7,9,16H2,1H3,(H,18,20). The Morgan fingerprint density at radius 3 is 3.05 bits per heavy atom. The van der Waals surface area contributed by atoms with E-state index >= 15 is 0 Å². The lowest BCUT2D eigenvalue weighted by molar-refractivity contribution is -0.116. The maximum absolute atomic E-state index is 11.8. The highest BCUT2D eigenvalue weighted by Gasteiger charge is 2.04. The van der Waals surface area contributed by atoms with Gasteiger partial charge in [-0.1, -0.05) is 13.0 Å². The van der Waals surface area contributed by atoms with Crippen molar-refractivity contribution in [3.05, 3.63) is 42.5 Å². The second-order valence-electron chi connectivity index (χ2n) is 4.67. The van der Waals surface area contributed by atoms with E-state index < -0.39 is 0 Å². The van der Waals surface area contributed by atoms with Gasteiger partial charge >= 0.3 is 0 Å². The zero-order valence-electron chi connectivity index (χ0n) is 11.7. The highest BCUT2D eigenvalue weighted by atomic mass is 16.1. The third-order valence-corrected chi connectivity index (χ3v) is 3.09. The molecule has 1 aromatic heterocycles. The van der Waals surface area contributed by atoms with Crippen LogP contribution in [0.15, 0.2) is 36.7 Å². The number of imidazole rings is 1. The number of nitrogens with two attached hydrogens (primary N) is 1. The number of nitrogens with zero attached hydrogens (tertiary/aromatic N) is 2. The van der Waals surface area contributed by atoms with Gasteiger partial charge in [-0.15, -0.1) is 0 Å². The molecule has 1 amide bonds. The molecule has 0 fully saturated rings. The Bertz CT molecular complexity index is 577. The minimum Gasteiger partial charge on any atom is -0.399 e. The van der Waals surface area contributed by atoms with Crippen molar-refractivity contribution < 1.29 is 4.79 Å². The topological polar surface area (TPSA) is 72.9 Å². The first-order valence-corrected chi connectivity index (χ1v) is 6.84. The Labute approximate surface area is 118 Å². The molecule has 0 saturated carbocycles. The van der Waals surface area contributed by atoms with Crippen LogP contribution >= 0.6 is 0 Å². The Balaban J connectivity index is 1.78. The van der Waals surface area contributed by atoms with E-state index in [1.165, 1.54) is 0 Å². The fourth-order valence-electron chi connectivity index (χ4n) is 2.11. The van der Waals surface area contributed by atoms with Crippen molar-refractivity contribution in [3.8, 4) is 0 Å². The van der Waals surface area contributed by atoms with Crippen LogP contribution in [0.2, 0.25) is 0 Å². The molecule has 106 valence electrons. The average Bonchev–Trinajstić information content (AvgIpc) is 2.86. The summed E-state index contributed by atoms with van der Waals surface area (Å²) in [7, 11) is 0. The molecule has 0 bridgehead atoms. The van der Waals surface area contributed by atoms with Crippen molar-refractivity contribution in [2.75, 3.05) is 11.1 Å². The van der Waals surface area contributed by atoms with Crippen LogP contribution in [0.4, 0.5) is 11.4 Å². The molecule has 0 saturated heterocycles. The van der Waals surface area contributed by atoms with Crippen LogP contribution < -0.4 is 11.1 Å². The summed E-state index contributed by atoms with van der Waals surface area (Å²) in [6.07, 6.45) is 5.93. The number of aryl methyl sites for hydroxylation is 2. The van der Waals surface area contributed by atoms with Gasteiger partial charge in [0, 0.05) is 43.2 Å². The van der Waals surface area contributed by atoms with E-state index in [0.29, 0.717) is 12.1 Å². The van der Waals surface area contributed by atoms with Gasteiger partial charge in [0.1, 0.15) is 5.82 Å². The number of anilines is 2. The lowest BCUT2D eigenvalue weighted by atomic mass is 10.2. The van der Waals surface area contributed by atoms with E-state index in [1.54, 1.807) is 18.3 Å². The fraction of sp³-hybridized carbons (Fsp3) is 0.333. The largest absolute Gasteiger partial charge is 0.399 e. The molecule has 0 atom stereocenters. The quantitative estimate of drug-likeness (QED) is 0.793. The highest BCUT2D eigenvalue weighted by molar-refractivity contribution is 5.91. The Morgan fingerprint density at radius 1 is 1.45 bits per heavy atom. The van der Waals surface area contributed by atoms with Crippen LogP contribution in [0.5, 0.6) is 0 Å². The first-order valence-electron chi connectivity index (χ1n) is 6.84. The summed E-state index contributed by atoms with van der Waals surface area (Å²) < 4.78 is 2.09. The predicted molar refractivity (Wildman–Crippen MR) is 80.3 cm³/mol. The molecule has 0 unspecified atom stereocenters. The lowest BCUT2D eigenvalue weighted by Crippen LogP contribution is -2.13. The number of nitrogens with one attached hydrogen (secondary N) is 1. The number of aromatic nitrogens is 2. The van der Waals surface area contributed by atoms with Gasteiger partial charge in [0.2, 0.25) is 5.91 Å². The summed E-state index contributed by atoms with van der Waals surface area (Å²) in [5, 5.41) is 2.85. The summed E-state index contributed by atoms with van der Waals surface area (Å²) >= 11 is 0. The molecule has 1 heterocycles. The molecule has 2 rings (SSSR count). The van der Waals surface area contributed by atoms with Crippen molar-refractivity contribution in [3.63, 3.8) is 0 Å². The van der Waals surface area contributed by atoms with E-state index in [2.05, 4.69) is 21.8 Å². The van der Waals surface area contributed by atoms with Crippen molar-refractivity contribution in [1.29, 1.82) is 0 Å². The number of benzene rings is 1. The minimum absolute atomic E-state index is 0.00811. The number of amides is 1. The minimum atomic E-state index is 0.00811. The Kier molecular flexibility index (Phi) is 4.76. The van der Waals surface area contributed by atoms with E-state index in [9.17, 15) is 4.79 Å². The molecule has 2 aromatic rings. The maximum atomic E-state index is 11.8. The molecule has 0 radical (unpaired) electrons. The van der Waals surface area contributed by atoms with E-state index in [4.69, 9.17) is 5.73 Å². The number of rotatable bonds is 6. The smallest absolute Gasteiger partial charge is 0.224 e. The maximum Gasteiger partial charge on any atom is 0.224 e. The molecule has 0 aliphatic rings. The Morgan fingerprint density at radius 2 is 2.30 bits per heavy atom. The van der Waals surface area contributed by atoms with Gasteiger partial charge in [-0.3, -0.25) is 4.79 Å². The molecular formula is C15H20N4O. The summed E-state index contributed by atoms with van der Waals surface area (Å²) in [4.78, 5) is 16.1. The molecular weight excluding hydrogens is 252 g/mol. The Hall–Kier alpha value is -2.30. The summed E-state index contributed by atoms with van der Waals surface area (Å²) in [5.74, 6) is 1.06. The number of nitrogen functional groups attached to an aromatic ring is 1. The van der Waals surface area contributed by atoms with Crippen LogP contribution in [0, 0.1) is 0 Å². The normalized spacial score (nSPS) is 10.4. The van der Waals surface area contributed by atoms with Gasteiger partial charge in [0.05, 0.1) is 0 Å². The van der Waals surface area contributed by atoms with Crippen LogP contribution in [-0.2, 0) is 17.8 Å². The third-order valence-electron chi connectivity index (χ3n) is 3.09. The first-order chi connectivity index (χ1) is 9.69. The average molecular weight is 272 g/mol.